The van der Waals surface area contributed by atoms with Gasteiger partial charge in [0.15, 0.2) is 0 Å². The fourth-order valence-corrected chi connectivity index (χ4v) is 4.08. The molecule has 0 aliphatic heterocycles. The first kappa shape index (κ1) is 25.3. The lowest BCUT2D eigenvalue weighted by Gasteiger charge is -2.24. The van der Waals surface area contributed by atoms with Gasteiger partial charge < -0.3 is 19.5 Å². The summed E-state index contributed by atoms with van der Waals surface area (Å²) in [6.07, 6.45) is 2.64. The lowest BCUT2D eigenvalue weighted by Crippen LogP contribution is -2.33. The van der Waals surface area contributed by atoms with E-state index in [4.69, 9.17) is 14.2 Å². The number of nitrogens with zero attached hydrogens (tertiary/aromatic N) is 1. The van der Waals surface area contributed by atoms with Crippen molar-refractivity contribution in [2.75, 3.05) is 44.5 Å². The van der Waals surface area contributed by atoms with E-state index in [-0.39, 0.29) is 18.9 Å². The molecule has 0 aliphatic rings. The van der Waals surface area contributed by atoms with Crippen LogP contribution in [0.5, 0.6) is 17.2 Å². The number of carbonyl (C=O) groups is 1. The summed E-state index contributed by atoms with van der Waals surface area (Å²) in [6.45, 7) is 2.97. The topological polar surface area (TPSA) is 94.2 Å². The van der Waals surface area contributed by atoms with E-state index in [0.29, 0.717) is 36.8 Å². The Hall–Kier alpha value is -2.94. The van der Waals surface area contributed by atoms with Crippen molar-refractivity contribution < 1.29 is 27.4 Å². The molecule has 0 aliphatic carbocycles. The molecule has 0 radical (unpaired) electrons. The van der Waals surface area contributed by atoms with E-state index in [1.165, 1.54) is 24.1 Å². The Kier molecular flexibility index (Phi) is 9.64. The van der Waals surface area contributed by atoms with Crippen LogP contribution in [0.3, 0.4) is 0 Å². The van der Waals surface area contributed by atoms with E-state index in [1.807, 2.05) is 24.3 Å². The highest BCUT2D eigenvalue weighted by Crippen LogP contribution is 2.33. The molecule has 0 aromatic heterocycles. The van der Waals surface area contributed by atoms with Gasteiger partial charge in [-0.1, -0.05) is 19.1 Å². The molecule has 1 N–H and O–H groups in total. The van der Waals surface area contributed by atoms with Gasteiger partial charge in [-0.05, 0) is 42.7 Å². The summed E-state index contributed by atoms with van der Waals surface area (Å²) in [5.74, 6) is 1.53. The maximum absolute atomic E-state index is 12.3. The lowest BCUT2D eigenvalue weighted by atomic mass is 10.2. The average Bonchev–Trinajstić information content (AvgIpc) is 2.79. The first-order chi connectivity index (χ1) is 15.3. The molecule has 8 nitrogen and oxygen atoms in total. The Morgan fingerprint density at radius 3 is 2.31 bits per heavy atom. The van der Waals surface area contributed by atoms with Crippen molar-refractivity contribution in [2.24, 2.45) is 0 Å². The molecule has 0 spiro atoms. The van der Waals surface area contributed by atoms with Gasteiger partial charge in [0.25, 0.3) is 0 Å². The largest absolute Gasteiger partial charge is 0.497 e. The molecule has 1 amide bonds. The Morgan fingerprint density at radius 1 is 1.03 bits per heavy atom. The van der Waals surface area contributed by atoms with Gasteiger partial charge in [-0.2, -0.15) is 0 Å². The maximum atomic E-state index is 12.3. The van der Waals surface area contributed by atoms with Crippen LogP contribution in [0.2, 0.25) is 0 Å². The molecule has 0 saturated heterocycles. The van der Waals surface area contributed by atoms with Crippen molar-refractivity contribution in [1.29, 1.82) is 0 Å². The summed E-state index contributed by atoms with van der Waals surface area (Å²) in [5, 5.41) is 2.79. The zero-order valence-corrected chi connectivity index (χ0v) is 19.9. The molecular formula is C23H32N2O6S. The fraction of sp³-hybridized carbons (Fsp3) is 0.435. The van der Waals surface area contributed by atoms with Gasteiger partial charge in [-0.25, -0.2) is 8.42 Å². The molecule has 2 rings (SSSR count). The summed E-state index contributed by atoms with van der Waals surface area (Å²) in [6, 6.07) is 12.8. The van der Waals surface area contributed by atoms with E-state index in [1.54, 1.807) is 18.2 Å². The second-order valence-electron chi connectivity index (χ2n) is 7.17. The fourth-order valence-electron chi connectivity index (χ4n) is 3.11. The number of anilines is 1. The molecule has 9 heteroatoms. The highest BCUT2D eigenvalue weighted by atomic mass is 32.2. The highest BCUT2D eigenvalue weighted by molar-refractivity contribution is 7.92. The summed E-state index contributed by atoms with van der Waals surface area (Å²) in [5.41, 5.74) is 1.64. The third-order valence-corrected chi connectivity index (χ3v) is 6.03. The second kappa shape index (κ2) is 12.2. The Balaban J connectivity index is 1.83. The number of amides is 1. The number of nitrogens with one attached hydrogen (secondary N) is 1. The predicted octanol–water partition coefficient (Wildman–Crippen LogP) is 3.01. The Labute approximate surface area is 190 Å². The minimum Gasteiger partial charge on any atom is -0.497 e. The minimum absolute atomic E-state index is 0.148. The van der Waals surface area contributed by atoms with Gasteiger partial charge in [0.05, 0.1) is 32.7 Å². The van der Waals surface area contributed by atoms with Crippen molar-refractivity contribution in [3.8, 4) is 17.2 Å². The number of sulfonamides is 1. The number of carbonyl (C=O) groups excluding carboxylic acids is 1. The SMILES string of the molecule is CCc1ccc(OCCNC(=O)CCCN(c2ccc(OC)cc2OC)S(C)(=O)=O)cc1. The molecule has 0 heterocycles. The molecule has 2 aromatic rings. The van der Waals surface area contributed by atoms with Gasteiger partial charge in [0.2, 0.25) is 15.9 Å². The van der Waals surface area contributed by atoms with E-state index >= 15 is 0 Å². The summed E-state index contributed by atoms with van der Waals surface area (Å²) >= 11 is 0. The number of rotatable bonds is 13. The number of benzene rings is 2. The molecule has 0 saturated carbocycles. The van der Waals surface area contributed by atoms with Crippen LogP contribution in [-0.4, -0.2) is 54.5 Å². The summed E-state index contributed by atoms with van der Waals surface area (Å²) in [4.78, 5) is 12.1. The predicted molar refractivity (Wildman–Crippen MR) is 125 cm³/mol. The molecule has 0 unspecified atom stereocenters. The Morgan fingerprint density at radius 2 is 1.72 bits per heavy atom. The first-order valence-corrected chi connectivity index (χ1v) is 12.3. The van der Waals surface area contributed by atoms with Crippen LogP contribution < -0.4 is 23.8 Å². The maximum Gasteiger partial charge on any atom is 0.232 e. The van der Waals surface area contributed by atoms with Crippen molar-refractivity contribution in [1.82, 2.24) is 5.32 Å². The number of aryl methyl sites for hydroxylation is 1. The number of hydrogen-bond donors (Lipinski definition) is 1. The molecular weight excluding hydrogens is 432 g/mol. The molecule has 32 heavy (non-hydrogen) atoms. The van der Waals surface area contributed by atoms with Crippen molar-refractivity contribution >= 4 is 21.6 Å². The van der Waals surface area contributed by atoms with E-state index < -0.39 is 10.0 Å². The average molecular weight is 465 g/mol. The molecule has 0 atom stereocenters. The molecule has 0 bridgehead atoms. The monoisotopic (exact) mass is 464 g/mol. The Bertz CT molecular complexity index is 976. The van der Waals surface area contributed by atoms with Crippen LogP contribution >= 0.6 is 0 Å². The lowest BCUT2D eigenvalue weighted by molar-refractivity contribution is -0.121. The number of hydrogen-bond acceptors (Lipinski definition) is 6. The van der Waals surface area contributed by atoms with Crippen molar-refractivity contribution in [3.63, 3.8) is 0 Å². The van der Waals surface area contributed by atoms with Gasteiger partial charge in [-0.3, -0.25) is 9.10 Å². The zero-order valence-electron chi connectivity index (χ0n) is 19.1. The van der Waals surface area contributed by atoms with Crippen LogP contribution in [0.4, 0.5) is 5.69 Å². The second-order valence-corrected chi connectivity index (χ2v) is 9.08. The summed E-state index contributed by atoms with van der Waals surface area (Å²) in [7, 11) is -0.577. The van der Waals surface area contributed by atoms with Crippen LogP contribution in [-0.2, 0) is 21.2 Å². The summed E-state index contributed by atoms with van der Waals surface area (Å²) < 4.78 is 42.0. The van der Waals surface area contributed by atoms with E-state index in [2.05, 4.69) is 12.2 Å². The molecule has 176 valence electrons. The minimum atomic E-state index is -3.56. The van der Waals surface area contributed by atoms with E-state index in [0.717, 1.165) is 18.4 Å². The van der Waals surface area contributed by atoms with Gasteiger partial charge in [0.1, 0.15) is 23.9 Å². The van der Waals surface area contributed by atoms with E-state index in [9.17, 15) is 13.2 Å². The van der Waals surface area contributed by atoms with Gasteiger partial charge in [0, 0.05) is 19.0 Å². The highest BCUT2D eigenvalue weighted by Gasteiger charge is 2.21. The van der Waals surface area contributed by atoms with Crippen LogP contribution in [0.25, 0.3) is 0 Å². The number of ether oxygens (including phenoxy) is 3. The third-order valence-electron chi connectivity index (χ3n) is 4.85. The van der Waals surface area contributed by atoms with Gasteiger partial charge in [-0.15, -0.1) is 0 Å². The third kappa shape index (κ3) is 7.64. The quantitative estimate of drug-likeness (QED) is 0.458. The number of methoxy groups -OCH3 is 2. The molecule has 2 aromatic carbocycles. The normalized spacial score (nSPS) is 11.0. The van der Waals surface area contributed by atoms with Crippen LogP contribution in [0.15, 0.2) is 42.5 Å². The molecule has 0 fully saturated rings. The standard InChI is InChI=1S/C23H32N2O6S/c1-5-18-8-10-19(11-9-18)31-16-14-24-23(26)7-6-15-25(32(4,27)28)21-13-12-20(29-2)17-22(21)30-3/h8-13,17H,5-7,14-16H2,1-4H3,(H,24,26). The van der Waals surface area contributed by atoms with Crippen molar-refractivity contribution in [2.45, 2.75) is 26.2 Å². The van der Waals surface area contributed by atoms with Crippen LogP contribution in [0, 0.1) is 0 Å². The van der Waals surface area contributed by atoms with Crippen molar-refractivity contribution in [3.05, 3.63) is 48.0 Å². The first-order valence-electron chi connectivity index (χ1n) is 10.5. The van der Waals surface area contributed by atoms with Crippen LogP contribution in [0.1, 0.15) is 25.3 Å². The zero-order chi connectivity index (χ0) is 23.6. The van der Waals surface area contributed by atoms with Gasteiger partial charge >= 0.3 is 0 Å². The smallest absolute Gasteiger partial charge is 0.232 e.